The summed E-state index contributed by atoms with van der Waals surface area (Å²) in [6.07, 6.45) is 0.344. The number of rotatable bonds is 6. The van der Waals surface area contributed by atoms with Gasteiger partial charge >= 0.3 is 6.18 Å². The van der Waals surface area contributed by atoms with Crippen LogP contribution in [0.25, 0.3) is 0 Å². The van der Waals surface area contributed by atoms with Crippen molar-refractivity contribution in [3.8, 4) is 5.75 Å². The van der Waals surface area contributed by atoms with Gasteiger partial charge < -0.3 is 10.2 Å². The van der Waals surface area contributed by atoms with Gasteiger partial charge in [-0.3, -0.25) is 4.79 Å². The Morgan fingerprint density at radius 2 is 2.03 bits per heavy atom. The standard InChI is InChI=1S/C26H33F3O3/c1-3-25-13-12-16-14-18(30)8-9-19(16)23(25)17(6-4-5-7-22(32)26(27,28)29)15-24(2)20(25)10-11-21(24)31/h3,8-9,14,17,20,22-23,30,32H,1,4-7,10-13,15H2,2H3/t17-,20+,22+,23+,24-,25?/m0/s1. The second-order valence-corrected chi connectivity index (χ2v) is 10.4. The number of hydrogen-bond donors (Lipinski definition) is 2. The molecule has 6 heteroatoms. The molecule has 1 aromatic rings. The maximum absolute atomic E-state index is 13.0. The summed E-state index contributed by atoms with van der Waals surface area (Å²) < 4.78 is 38.0. The quantitative estimate of drug-likeness (QED) is 0.408. The van der Waals surface area contributed by atoms with Crippen LogP contribution < -0.4 is 0 Å². The summed E-state index contributed by atoms with van der Waals surface area (Å²) >= 11 is 0. The molecule has 3 nitrogen and oxygen atoms in total. The summed E-state index contributed by atoms with van der Waals surface area (Å²) in [6, 6.07) is 5.53. The largest absolute Gasteiger partial charge is 0.508 e. The number of Topliss-reactive ketones (excluding diaryl/α,β-unsaturated/α-hetero) is 1. The van der Waals surface area contributed by atoms with E-state index < -0.39 is 17.7 Å². The molecule has 32 heavy (non-hydrogen) atoms. The molecule has 3 aliphatic carbocycles. The van der Waals surface area contributed by atoms with Crippen molar-refractivity contribution in [1.29, 1.82) is 0 Å². The molecular formula is C26H33F3O3. The van der Waals surface area contributed by atoms with Crippen LogP contribution in [0.3, 0.4) is 0 Å². The lowest BCUT2D eigenvalue weighted by Crippen LogP contribution is -2.53. The summed E-state index contributed by atoms with van der Waals surface area (Å²) in [6.45, 7) is 6.31. The number of alkyl halides is 3. The molecule has 0 heterocycles. The molecule has 0 aliphatic heterocycles. The zero-order valence-corrected chi connectivity index (χ0v) is 18.6. The molecule has 0 amide bonds. The minimum absolute atomic E-state index is 0.140. The van der Waals surface area contributed by atoms with Crippen LogP contribution in [0.5, 0.6) is 5.75 Å². The third kappa shape index (κ3) is 3.68. The Bertz CT molecular complexity index is 895. The number of phenolic OH excluding ortho intramolecular Hbond substituents is 1. The maximum Gasteiger partial charge on any atom is 0.414 e. The van der Waals surface area contributed by atoms with E-state index >= 15 is 0 Å². The second kappa shape index (κ2) is 8.19. The van der Waals surface area contributed by atoms with E-state index in [1.165, 1.54) is 5.56 Å². The van der Waals surface area contributed by atoms with Gasteiger partial charge in [0.15, 0.2) is 0 Å². The zero-order chi connectivity index (χ0) is 23.3. The van der Waals surface area contributed by atoms with Gasteiger partial charge in [0, 0.05) is 11.8 Å². The minimum atomic E-state index is -4.58. The average Bonchev–Trinajstić information content (AvgIpc) is 3.04. The summed E-state index contributed by atoms with van der Waals surface area (Å²) in [4.78, 5) is 13.0. The minimum Gasteiger partial charge on any atom is -0.508 e. The molecule has 2 saturated carbocycles. The van der Waals surface area contributed by atoms with Crippen LogP contribution in [0.4, 0.5) is 13.2 Å². The summed E-state index contributed by atoms with van der Waals surface area (Å²) in [5.41, 5.74) is 1.67. The molecule has 0 radical (unpaired) electrons. The highest BCUT2D eigenvalue weighted by atomic mass is 19.4. The first-order valence-electron chi connectivity index (χ1n) is 11.8. The van der Waals surface area contributed by atoms with Crippen LogP contribution in [-0.4, -0.2) is 28.3 Å². The summed E-state index contributed by atoms with van der Waals surface area (Å²) in [5.74, 6) is 1.04. The lowest BCUT2D eigenvalue weighted by Gasteiger charge is -2.59. The maximum atomic E-state index is 13.0. The Labute approximate surface area is 187 Å². The summed E-state index contributed by atoms with van der Waals surface area (Å²) in [5, 5.41) is 19.3. The van der Waals surface area contributed by atoms with E-state index in [2.05, 4.69) is 19.6 Å². The molecule has 0 aromatic heterocycles. The molecule has 1 aromatic carbocycles. The van der Waals surface area contributed by atoms with Crippen LogP contribution in [0.1, 0.15) is 75.3 Å². The van der Waals surface area contributed by atoms with Gasteiger partial charge in [0.2, 0.25) is 0 Å². The molecule has 0 spiro atoms. The number of phenols is 1. The van der Waals surface area contributed by atoms with Gasteiger partial charge in [-0.1, -0.05) is 31.9 Å². The highest BCUT2D eigenvalue weighted by Crippen LogP contribution is 2.68. The van der Waals surface area contributed by atoms with E-state index in [9.17, 15) is 28.2 Å². The van der Waals surface area contributed by atoms with E-state index in [1.807, 2.05) is 12.1 Å². The molecule has 4 rings (SSSR count). The van der Waals surface area contributed by atoms with Crippen LogP contribution in [-0.2, 0) is 11.2 Å². The first kappa shape index (κ1) is 23.3. The number of aromatic hydroxyl groups is 1. The number of ketones is 1. The Hall–Kier alpha value is -1.82. The van der Waals surface area contributed by atoms with Gasteiger partial charge in [-0.2, -0.15) is 13.2 Å². The van der Waals surface area contributed by atoms with Crippen molar-refractivity contribution in [2.45, 2.75) is 82.9 Å². The van der Waals surface area contributed by atoms with E-state index in [4.69, 9.17) is 0 Å². The van der Waals surface area contributed by atoms with Crippen molar-refractivity contribution < 1.29 is 28.2 Å². The number of aryl methyl sites for hydroxylation is 1. The van der Waals surface area contributed by atoms with Crippen molar-refractivity contribution in [3.63, 3.8) is 0 Å². The topological polar surface area (TPSA) is 57.5 Å². The molecule has 176 valence electrons. The predicted octanol–water partition coefficient (Wildman–Crippen LogP) is 6.08. The molecular weight excluding hydrogens is 417 g/mol. The highest BCUT2D eigenvalue weighted by molar-refractivity contribution is 5.87. The van der Waals surface area contributed by atoms with Crippen molar-refractivity contribution in [2.75, 3.05) is 0 Å². The van der Waals surface area contributed by atoms with Gasteiger partial charge in [-0.15, -0.1) is 6.58 Å². The average molecular weight is 451 g/mol. The molecule has 1 unspecified atom stereocenters. The monoisotopic (exact) mass is 450 g/mol. The fraction of sp³-hybridized carbons (Fsp3) is 0.654. The molecule has 3 aliphatic rings. The molecule has 0 bridgehead atoms. The van der Waals surface area contributed by atoms with Gasteiger partial charge in [0.05, 0.1) is 0 Å². The Balaban J connectivity index is 1.64. The fourth-order valence-electron chi connectivity index (χ4n) is 7.39. The lowest BCUT2D eigenvalue weighted by atomic mass is 9.44. The number of benzene rings is 1. The smallest absolute Gasteiger partial charge is 0.414 e. The van der Waals surface area contributed by atoms with Crippen molar-refractivity contribution in [1.82, 2.24) is 0 Å². The van der Waals surface area contributed by atoms with Crippen molar-refractivity contribution in [3.05, 3.63) is 42.0 Å². The summed E-state index contributed by atoms with van der Waals surface area (Å²) in [7, 11) is 0. The highest BCUT2D eigenvalue weighted by Gasteiger charge is 2.63. The Morgan fingerprint density at radius 1 is 1.28 bits per heavy atom. The van der Waals surface area contributed by atoms with Gasteiger partial charge in [-0.25, -0.2) is 0 Å². The molecule has 2 N–H and O–H groups in total. The Morgan fingerprint density at radius 3 is 2.72 bits per heavy atom. The first-order valence-corrected chi connectivity index (χ1v) is 11.8. The molecule has 0 saturated heterocycles. The van der Waals surface area contributed by atoms with Crippen molar-refractivity contribution >= 4 is 5.78 Å². The number of carbonyl (C=O) groups excluding carboxylic acids is 1. The van der Waals surface area contributed by atoms with E-state index in [-0.39, 0.29) is 35.3 Å². The third-order valence-electron chi connectivity index (χ3n) is 8.80. The third-order valence-corrected chi connectivity index (χ3v) is 8.80. The molecule has 6 atom stereocenters. The van der Waals surface area contributed by atoms with Crippen LogP contribution in [0.2, 0.25) is 0 Å². The zero-order valence-electron chi connectivity index (χ0n) is 18.6. The van der Waals surface area contributed by atoms with E-state index in [0.29, 0.717) is 31.5 Å². The van der Waals surface area contributed by atoms with E-state index in [0.717, 1.165) is 31.2 Å². The Kier molecular flexibility index (Phi) is 5.98. The number of unbranched alkanes of at least 4 members (excludes halogenated alkanes) is 1. The number of halogens is 3. The van der Waals surface area contributed by atoms with Crippen molar-refractivity contribution in [2.24, 2.45) is 22.7 Å². The van der Waals surface area contributed by atoms with Gasteiger partial charge in [0.25, 0.3) is 0 Å². The fourth-order valence-corrected chi connectivity index (χ4v) is 7.39. The number of carbonyl (C=O) groups is 1. The van der Waals surface area contributed by atoms with Gasteiger partial charge in [0.1, 0.15) is 17.6 Å². The first-order chi connectivity index (χ1) is 15.0. The van der Waals surface area contributed by atoms with Crippen LogP contribution in [0.15, 0.2) is 30.9 Å². The number of allylic oxidation sites excluding steroid dienone is 1. The van der Waals surface area contributed by atoms with Crippen LogP contribution in [0, 0.1) is 22.7 Å². The second-order valence-electron chi connectivity index (χ2n) is 10.4. The van der Waals surface area contributed by atoms with E-state index in [1.54, 1.807) is 6.07 Å². The normalized spacial score (nSPS) is 35.0. The SMILES string of the molecule is C=CC12CCc3cc(O)ccc3[C@H]1[C@@H](CCCC[C@@H](O)C(F)(F)F)C[C@]1(C)C(=O)CC[C@@H]21. The molecule has 2 fully saturated rings. The lowest BCUT2D eigenvalue weighted by molar-refractivity contribution is -0.205. The van der Waals surface area contributed by atoms with Gasteiger partial charge in [-0.05, 0) is 85.0 Å². The van der Waals surface area contributed by atoms with Crippen LogP contribution >= 0.6 is 0 Å². The number of fused-ring (bicyclic) bond motifs is 5. The number of aliphatic hydroxyl groups excluding tert-OH is 1. The number of aliphatic hydroxyl groups is 1. The predicted molar refractivity (Wildman–Crippen MR) is 116 cm³/mol. The number of hydrogen-bond acceptors (Lipinski definition) is 3.